The van der Waals surface area contributed by atoms with Crippen molar-refractivity contribution < 1.29 is 17.9 Å². The molecule has 5 nitrogen and oxygen atoms in total. The van der Waals surface area contributed by atoms with Crippen LogP contribution in [0.5, 0.6) is 5.75 Å². The van der Waals surface area contributed by atoms with Gasteiger partial charge < -0.3 is 4.74 Å². The lowest BCUT2D eigenvalue weighted by atomic mass is 10.2. The summed E-state index contributed by atoms with van der Waals surface area (Å²) in [6.45, 7) is 1.44. The molecular formula is C16H16ClNO4S. The van der Waals surface area contributed by atoms with E-state index in [0.717, 1.165) is 4.31 Å². The highest BCUT2D eigenvalue weighted by molar-refractivity contribution is 7.93. The van der Waals surface area contributed by atoms with Crippen LogP contribution < -0.4 is 9.04 Å². The summed E-state index contributed by atoms with van der Waals surface area (Å²) in [6, 6.07) is 13.2. The van der Waals surface area contributed by atoms with E-state index < -0.39 is 21.3 Å². The summed E-state index contributed by atoms with van der Waals surface area (Å²) in [7, 11) is -2.42. The minimum absolute atomic E-state index is 0.0839. The quantitative estimate of drug-likeness (QED) is 0.749. The molecule has 23 heavy (non-hydrogen) atoms. The summed E-state index contributed by atoms with van der Waals surface area (Å²) in [6.07, 6.45) is 0. The number of carbonyl (C=O) groups is 1. The normalized spacial score (nSPS) is 12.5. The lowest BCUT2D eigenvalue weighted by Gasteiger charge is -2.28. The monoisotopic (exact) mass is 353 g/mol. The average molecular weight is 354 g/mol. The van der Waals surface area contributed by atoms with Gasteiger partial charge in [0.05, 0.1) is 17.7 Å². The zero-order chi connectivity index (χ0) is 17.0. The van der Waals surface area contributed by atoms with Crippen LogP contribution in [0.15, 0.2) is 59.5 Å². The van der Waals surface area contributed by atoms with Gasteiger partial charge in [-0.05, 0) is 54.9 Å². The fourth-order valence-electron chi connectivity index (χ4n) is 2.10. The topological polar surface area (TPSA) is 63.7 Å². The van der Waals surface area contributed by atoms with E-state index in [9.17, 15) is 13.2 Å². The van der Waals surface area contributed by atoms with Crippen molar-refractivity contribution in [3.05, 3.63) is 54.6 Å². The maximum absolute atomic E-state index is 12.9. The molecule has 0 N–H and O–H groups in total. The summed E-state index contributed by atoms with van der Waals surface area (Å²) in [4.78, 5) is 11.7. The Hall–Kier alpha value is -2.05. The molecule has 2 aromatic carbocycles. The van der Waals surface area contributed by atoms with Crippen LogP contribution in [-0.4, -0.2) is 26.8 Å². The van der Waals surface area contributed by atoms with E-state index in [0.29, 0.717) is 11.4 Å². The van der Waals surface area contributed by atoms with Crippen LogP contribution >= 0.6 is 11.6 Å². The predicted molar refractivity (Wildman–Crippen MR) is 89.4 cm³/mol. The molecule has 122 valence electrons. The minimum Gasteiger partial charge on any atom is -0.497 e. The molecule has 0 aliphatic carbocycles. The van der Waals surface area contributed by atoms with Gasteiger partial charge in [-0.2, -0.15) is 0 Å². The van der Waals surface area contributed by atoms with E-state index >= 15 is 0 Å². The van der Waals surface area contributed by atoms with Crippen LogP contribution in [0.25, 0.3) is 0 Å². The first-order chi connectivity index (χ1) is 10.9. The molecule has 1 atom stereocenters. The largest absolute Gasteiger partial charge is 0.497 e. The highest BCUT2D eigenvalue weighted by Crippen LogP contribution is 2.28. The fraction of sp³-hybridized carbons (Fsp3) is 0.188. The van der Waals surface area contributed by atoms with Crippen molar-refractivity contribution in [3.8, 4) is 5.75 Å². The molecule has 0 saturated carbocycles. The third-order valence-electron chi connectivity index (χ3n) is 3.31. The molecule has 1 unspecified atom stereocenters. The van der Waals surface area contributed by atoms with Crippen LogP contribution in [0.3, 0.4) is 0 Å². The van der Waals surface area contributed by atoms with Gasteiger partial charge in [0, 0.05) is 0 Å². The Balaban J connectivity index is 2.56. The molecule has 0 radical (unpaired) electrons. The van der Waals surface area contributed by atoms with E-state index in [4.69, 9.17) is 16.3 Å². The smallest absolute Gasteiger partial charge is 0.265 e. The second-order valence-electron chi connectivity index (χ2n) is 4.79. The number of sulfonamides is 1. The molecule has 0 bridgehead atoms. The number of hydrogen-bond donors (Lipinski definition) is 0. The Bertz CT molecular complexity index is 775. The molecule has 0 heterocycles. The molecule has 2 rings (SSSR count). The van der Waals surface area contributed by atoms with Crippen molar-refractivity contribution in [2.24, 2.45) is 0 Å². The van der Waals surface area contributed by atoms with Crippen LogP contribution in [0.4, 0.5) is 5.69 Å². The van der Waals surface area contributed by atoms with Gasteiger partial charge in [-0.25, -0.2) is 8.42 Å². The van der Waals surface area contributed by atoms with E-state index in [1.54, 1.807) is 42.5 Å². The van der Waals surface area contributed by atoms with Crippen molar-refractivity contribution in [1.29, 1.82) is 0 Å². The number of carbonyl (C=O) groups excluding carboxylic acids is 1. The average Bonchev–Trinajstić information content (AvgIpc) is 2.56. The summed E-state index contributed by atoms with van der Waals surface area (Å²) in [5.41, 5.74) is 0.330. The standard InChI is InChI=1S/C16H16ClNO4S/c1-12(16(17)19)18(13-8-10-14(22-2)11-9-13)23(20,21)15-6-4-3-5-7-15/h3-12H,1-2H3. The number of rotatable bonds is 6. The van der Waals surface area contributed by atoms with Crippen molar-refractivity contribution >= 4 is 32.6 Å². The molecule has 7 heteroatoms. The van der Waals surface area contributed by atoms with Crippen molar-refractivity contribution in [2.45, 2.75) is 17.9 Å². The maximum atomic E-state index is 12.9. The van der Waals surface area contributed by atoms with Gasteiger partial charge in [-0.3, -0.25) is 9.10 Å². The SMILES string of the molecule is COc1ccc(N(C(C)C(=O)Cl)S(=O)(=O)c2ccccc2)cc1. The molecule has 0 aliphatic heterocycles. The Morgan fingerprint density at radius 3 is 2.13 bits per heavy atom. The first-order valence-electron chi connectivity index (χ1n) is 6.81. The summed E-state index contributed by atoms with van der Waals surface area (Å²) >= 11 is 5.56. The van der Waals surface area contributed by atoms with Gasteiger partial charge in [0.25, 0.3) is 10.0 Å². The van der Waals surface area contributed by atoms with Crippen LogP contribution in [0, 0.1) is 0 Å². The van der Waals surface area contributed by atoms with Crippen LogP contribution in [-0.2, 0) is 14.8 Å². The van der Waals surface area contributed by atoms with Gasteiger partial charge in [-0.15, -0.1) is 0 Å². The predicted octanol–water partition coefficient (Wildman–Crippen LogP) is 3.04. The molecule has 0 amide bonds. The lowest BCUT2D eigenvalue weighted by molar-refractivity contribution is -0.112. The highest BCUT2D eigenvalue weighted by Gasteiger charge is 2.32. The first-order valence-corrected chi connectivity index (χ1v) is 8.62. The second kappa shape index (κ2) is 7.02. The van der Waals surface area contributed by atoms with Crippen LogP contribution in [0.1, 0.15) is 6.92 Å². The summed E-state index contributed by atoms with van der Waals surface area (Å²) in [5, 5.41) is -0.764. The summed E-state index contributed by atoms with van der Waals surface area (Å²) < 4.78 is 31.9. The highest BCUT2D eigenvalue weighted by atomic mass is 35.5. The van der Waals surface area contributed by atoms with Crippen molar-refractivity contribution in [2.75, 3.05) is 11.4 Å². The molecular weight excluding hydrogens is 338 g/mol. The van der Waals surface area contributed by atoms with Gasteiger partial charge in [0.2, 0.25) is 5.24 Å². The van der Waals surface area contributed by atoms with Crippen molar-refractivity contribution in [1.82, 2.24) is 0 Å². The van der Waals surface area contributed by atoms with E-state index in [1.807, 2.05) is 0 Å². The molecule has 0 aromatic heterocycles. The number of halogens is 1. The van der Waals surface area contributed by atoms with E-state index in [-0.39, 0.29) is 4.90 Å². The number of nitrogens with zero attached hydrogens (tertiary/aromatic N) is 1. The summed E-state index contributed by atoms with van der Waals surface area (Å²) in [5.74, 6) is 0.579. The Kier molecular flexibility index (Phi) is 5.28. The zero-order valence-corrected chi connectivity index (χ0v) is 14.2. The molecule has 2 aromatic rings. The van der Waals surface area contributed by atoms with E-state index in [1.165, 1.54) is 26.2 Å². The fourth-order valence-corrected chi connectivity index (χ4v) is 3.89. The number of hydrogen-bond acceptors (Lipinski definition) is 4. The maximum Gasteiger partial charge on any atom is 0.265 e. The second-order valence-corrected chi connectivity index (χ2v) is 6.98. The number of anilines is 1. The van der Waals surface area contributed by atoms with Crippen molar-refractivity contribution in [3.63, 3.8) is 0 Å². The number of methoxy groups -OCH3 is 1. The van der Waals surface area contributed by atoms with Gasteiger partial charge in [0.1, 0.15) is 11.8 Å². The Morgan fingerprint density at radius 1 is 1.09 bits per heavy atom. The third kappa shape index (κ3) is 3.65. The molecule has 0 spiro atoms. The third-order valence-corrected chi connectivity index (χ3v) is 5.54. The van der Waals surface area contributed by atoms with Crippen LogP contribution in [0.2, 0.25) is 0 Å². The van der Waals surface area contributed by atoms with Gasteiger partial charge in [-0.1, -0.05) is 18.2 Å². The molecule has 0 aliphatic rings. The minimum atomic E-state index is -3.93. The number of ether oxygens (including phenoxy) is 1. The zero-order valence-electron chi connectivity index (χ0n) is 12.6. The van der Waals surface area contributed by atoms with Gasteiger partial charge >= 0.3 is 0 Å². The molecule has 0 fully saturated rings. The van der Waals surface area contributed by atoms with E-state index in [2.05, 4.69) is 0 Å². The number of benzene rings is 2. The van der Waals surface area contributed by atoms with Gasteiger partial charge in [0.15, 0.2) is 0 Å². The molecule has 0 saturated heterocycles. The Morgan fingerprint density at radius 2 is 1.65 bits per heavy atom. The Labute approximate surface area is 140 Å². The lowest BCUT2D eigenvalue weighted by Crippen LogP contribution is -2.42. The first kappa shape index (κ1) is 17.3.